The van der Waals surface area contributed by atoms with Crippen LogP contribution in [0.4, 0.5) is 0 Å². The van der Waals surface area contributed by atoms with Crippen molar-refractivity contribution in [3.8, 4) is 11.3 Å². The van der Waals surface area contributed by atoms with E-state index in [1.165, 1.54) is 31.2 Å². The van der Waals surface area contributed by atoms with E-state index in [0.29, 0.717) is 6.10 Å². The van der Waals surface area contributed by atoms with Crippen molar-refractivity contribution in [2.75, 3.05) is 6.61 Å². The van der Waals surface area contributed by atoms with Gasteiger partial charge in [-0.1, -0.05) is 25.0 Å². The van der Waals surface area contributed by atoms with E-state index in [-0.39, 0.29) is 0 Å². The molecular weight excluding hydrogens is 298 g/mol. The van der Waals surface area contributed by atoms with Crippen molar-refractivity contribution in [2.45, 2.75) is 45.3 Å². The zero-order chi connectivity index (χ0) is 16.4. The number of aromatic nitrogens is 3. The van der Waals surface area contributed by atoms with Crippen LogP contribution in [0.25, 0.3) is 22.3 Å². The van der Waals surface area contributed by atoms with Crippen LogP contribution >= 0.6 is 0 Å². The highest BCUT2D eigenvalue weighted by Gasteiger charge is 2.15. The molecule has 0 saturated heterocycles. The molecule has 1 fully saturated rings. The Morgan fingerprint density at radius 3 is 2.79 bits per heavy atom. The number of imidazole rings is 1. The van der Waals surface area contributed by atoms with Gasteiger partial charge in [-0.05, 0) is 43.5 Å². The molecule has 2 aromatic heterocycles. The molecule has 0 atom stereocenters. The van der Waals surface area contributed by atoms with Gasteiger partial charge in [-0.25, -0.2) is 4.98 Å². The van der Waals surface area contributed by atoms with Gasteiger partial charge in [0.05, 0.1) is 35.8 Å². The molecule has 0 spiro atoms. The first-order valence-electron chi connectivity index (χ1n) is 8.79. The topological polar surface area (TPSA) is 39.9 Å². The van der Waals surface area contributed by atoms with E-state index in [2.05, 4.69) is 51.8 Å². The second-order valence-electron chi connectivity index (χ2n) is 6.64. The van der Waals surface area contributed by atoms with Crippen LogP contribution in [0.2, 0.25) is 0 Å². The summed E-state index contributed by atoms with van der Waals surface area (Å²) in [5.74, 6) is 0. The Morgan fingerprint density at radius 1 is 1.12 bits per heavy atom. The Balaban J connectivity index is 1.53. The Bertz CT molecular complexity index is 817. The molecule has 0 amide bonds. The molecule has 4 nitrogen and oxygen atoms in total. The molecule has 2 heterocycles. The van der Waals surface area contributed by atoms with Crippen LogP contribution in [0.5, 0.6) is 0 Å². The van der Waals surface area contributed by atoms with Crippen LogP contribution in [0.3, 0.4) is 0 Å². The zero-order valence-corrected chi connectivity index (χ0v) is 14.1. The number of hydrogen-bond acceptors (Lipinski definition) is 3. The lowest BCUT2D eigenvalue weighted by atomic mass is 10.1. The second-order valence-corrected chi connectivity index (χ2v) is 6.64. The molecule has 24 heavy (non-hydrogen) atoms. The summed E-state index contributed by atoms with van der Waals surface area (Å²) in [5.41, 5.74) is 5.46. The molecule has 0 unspecified atom stereocenters. The van der Waals surface area contributed by atoms with Crippen molar-refractivity contribution in [3.63, 3.8) is 0 Å². The Morgan fingerprint density at radius 2 is 2.00 bits per heavy atom. The van der Waals surface area contributed by atoms with Gasteiger partial charge in [0.2, 0.25) is 0 Å². The van der Waals surface area contributed by atoms with Crippen molar-refractivity contribution >= 4 is 11.0 Å². The lowest BCUT2D eigenvalue weighted by molar-refractivity contribution is 0.0534. The number of hydrogen-bond donors (Lipinski definition) is 0. The monoisotopic (exact) mass is 321 g/mol. The van der Waals surface area contributed by atoms with E-state index in [9.17, 15) is 0 Å². The van der Waals surface area contributed by atoms with Crippen molar-refractivity contribution in [1.29, 1.82) is 0 Å². The van der Waals surface area contributed by atoms with Crippen LogP contribution < -0.4 is 0 Å². The summed E-state index contributed by atoms with van der Waals surface area (Å²) >= 11 is 0. The fourth-order valence-corrected chi connectivity index (χ4v) is 3.41. The first-order valence-corrected chi connectivity index (χ1v) is 8.79. The molecule has 4 rings (SSSR count). The molecule has 0 bridgehead atoms. The van der Waals surface area contributed by atoms with E-state index in [1.54, 1.807) is 0 Å². The number of fused-ring (bicyclic) bond motifs is 1. The Hall–Kier alpha value is -2.20. The minimum Gasteiger partial charge on any atom is -0.376 e. The van der Waals surface area contributed by atoms with E-state index in [4.69, 9.17) is 4.74 Å². The summed E-state index contributed by atoms with van der Waals surface area (Å²) in [4.78, 5) is 9.03. The van der Waals surface area contributed by atoms with E-state index in [0.717, 1.165) is 35.4 Å². The molecular formula is C20H23N3O. The quantitative estimate of drug-likeness (QED) is 0.701. The fourth-order valence-electron chi connectivity index (χ4n) is 3.41. The molecule has 3 aromatic rings. The molecule has 0 radical (unpaired) electrons. The molecule has 1 aromatic carbocycles. The number of pyridine rings is 1. The van der Waals surface area contributed by atoms with Gasteiger partial charge in [-0.2, -0.15) is 0 Å². The smallest absolute Gasteiger partial charge is 0.0959 e. The van der Waals surface area contributed by atoms with Crippen molar-refractivity contribution < 1.29 is 4.74 Å². The third kappa shape index (κ3) is 3.20. The highest BCUT2D eigenvalue weighted by molar-refractivity contribution is 5.81. The fraction of sp³-hybridized carbons (Fsp3) is 0.400. The summed E-state index contributed by atoms with van der Waals surface area (Å²) in [6, 6.07) is 10.5. The van der Waals surface area contributed by atoms with Crippen LogP contribution in [0, 0.1) is 6.92 Å². The molecule has 1 aliphatic rings. The molecule has 0 aliphatic heterocycles. The van der Waals surface area contributed by atoms with Crippen molar-refractivity contribution in [2.24, 2.45) is 0 Å². The number of ether oxygens (including phenoxy) is 1. The van der Waals surface area contributed by atoms with Gasteiger partial charge in [0.15, 0.2) is 0 Å². The average molecular weight is 321 g/mol. The number of rotatable bonds is 5. The number of benzene rings is 1. The van der Waals surface area contributed by atoms with Crippen molar-refractivity contribution in [1.82, 2.24) is 14.5 Å². The first kappa shape index (κ1) is 15.3. The van der Waals surface area contributed by atoms with Crippen LogP contribution in [0.1, 0.15) is 31.2 Å². The lowest BCUT2D eigenvalue weighted by Crippen LogP contribution is -2.12. The lowest BCUT2D eigenvalue weighted by Gasteiger charge is -2.12. The highest BCUT2D eigenvalue weighted by Crippen LogP contribution is 2.23. The van der Waals surface area contributed by atoms with E-state index < -0.39 is 0 Å². The third-order valence-corrected chi connectivity index (χ3v) is 4.82. The Labute approximate surface area is 142 Å². The summed E-state index contributed by atoms with van der Waals surface area (Å²) in [7, 11) is 0. The third-order valence-electron chi connectivity index (χ3n) is 4.82. The zero-order valence-electron chi connectivity index (χ0n) is 14.1. The van der Waals surface area contributed by atoms with Gasteiger partial charge in [0.25, 0.3) is 0 Å². The summed E-state index contributed by atoms with van der Waals surface area (Å²) in [6.07, 6.45) is 9.34. The van der Waals surface area contributed by atoms with Crippen LogP contribution in [0.15, 0.2) is 42.9 Å². The molecule has 1 saturated carbocycles. The van der Waals surface area contributed by atoms with Gasteiger partial charge < -0.3 is 9.30 Å². The summed E-state index contributed by atoms with van der Waals surface area (Å²) in [6.45, 7) is 3.65. The van der Waals surface area contributed by atoms with Gasteiger partial charge >= 0.3 is 0 Å². The largest absolute Gasteiger partial charge is 0.376 e. The Kier molecular flexibility index (Phi) is 4.30. The van der Waals surface area contributed by atoms with E-state index in [1.807, 2.05) is 12.5 Å². The maximum Gasteiger partial charge on any atom is 0.0959 e. The molecule has 4 heteroatoms. The average Bonchev–Trinajstić information content (AvgIpc) is 3.25. The number of aryl methyl sites for hydroxylation is 1. The standard InChI is InChI=1S/C20H23N3O/c1-15-6-8-18(21-13-15)16-7-9-19-20(12-16)23(14-22-19)10-11-24-17-4-2-3-5-17/h6-9,12-14,17H,2-5,10-11H2,1H3. The first-order chi connectivity index (χ1) is 11.8. The van der Waals surface area contributed by atoms with Gasteiger partial charge in [0, 0.05) is 18.3 Å². The van der Waals surface area contributed by atoms with Gasteiger partial charge in [-0.3, -0.25) is 4.98 Å². The minimum atomic E-state index is 0.465. The van der Waals surface area contributed by atoms with E-state index >= 15 is 0 Å². The molecule has 0 N–H and O–H groups in total. The summed E-state index contributed by atoms with van der Waals surface area (Å²) in [5, 5.41) is 0. The maximum atomic E-state index is 5.99. The SMILES string of the molecule is Cc1ccc(-c2ccc3ncn(CCOC4CCCC4)c3c2)nc1. The second kappa shape index (κ2) is 6.73. The minimum absolute atomic E-state index is 0.465. The van der Waals surface area contributed by atoms with Gasteiger partial charge in [-0.15, -0.1) is 0 Å². The molecule has 1 aliphatic carbocycles. The normalized spacial score (nSPS) is 15.4. The highest BCUT2D eigenvalue weighted by atomic mass is 16.5. The summed E-state index contributed by atoms with van der Waals surface area (Å²) < 4.78 is 8.17. The van der Waals surface area contributed by atoms with Crippen molar-refractivity contribution in [3.05, 3.63) is 48.4 Å². The molecule has 124 valence electrons. The predicted molar refractivity (Wildman–Crippen MR) is 95.9 cm³/mol. The van der Waals surface area contributed by atoms with Crippen LogP contribution in [-0.4, -0.2) is 27.2 Å². The van der Waals surface area contributed by atoms with Gasteiger partial charge in [0.1, 0.15) is 0 Å². The number of nitrogens with zero attached hydrogens (tertiary/aromatic N) is 3. The predicted octanol–water partition coefficient (Wildman–Crippen LogP) is 4.37. The maximum absolute atomic E-state index is 5.99. The van der Waals surface area contributed by atoms with Crippen LogP contribution in [-0.2, 0) is 11.3 Å².